The lowest BCUT2D eigenvalue weighted by Gasteiger charge is -2.33. The molecule has 1 aliphatic heterocycles. The van der Waals surface area contributed by atoms with Crippen molar-refractivity contribution in [2.75, 3.05) is 33.7 Å². The van der Waals surface area contributed by atoms with Gasteiger partial charge in [0.25, 0.3) is 0 Å². The summed E-state index contributed by atoms with van der Waals surface area (Å²) < 4.78 is 0. The van der Waals surface area contributed by atoms with E-state index >= 15 is 0 Å². The van der Waals surface area contributed by atoms with E-state index in [1.54, 1.807) is 23.9 Å². The van der Waals surface area contributed by atoms with Crippen molar-refractivity contribution < 1.29 is 14.7 Å². The summed E-state index contributed by atoms with van der Waals surface area (Å²) in [7, 11) is 3.46. The smallest absolute Gasteiger partial charge is 0.319 e. The molecule has 0 bridgehead atoms. The summed E-state index contributed by atoms with van der Waals surface area (Å²) in [6.07, 6.45) is 0.559. The van der Waals surface area contributed by atoms with Gasteiger partial charge in [-0.1, -0.05) is 36.4 Å². The van der Waals surface area contributed by atoms with Gasteiger partial charge in [0.05, 0.1) is 6.10 Å². The third-order valence-electron chi connectivity index (χ3n) is 5.15. The first kappa shape index (κ1) is 19.2. The summed E-state index contributed by atoms with van der Waals surface area (Å²) in [5, 5.41) is 15.5. The number of amides is 3. The first-order valence-electron chi connectivity index (χ1n) is 9.36. The Labute approximate surface area is 159 Å². The van der Waals surface area contributed by atoms with Crippen LogP contribution in [-0.4, -0.2) is 60.6 Å². The van der Waals surface area contributed by atoms with Gasteiger partial charge in [-0.05, 0) is 35.2 Å². The van der Waals surface area contributed by atoms with Crippen LogP contribution in [0, 0.1) is 5.92 Å². The Bertz CT molecular complexity index is 813. The molecule has 6 heteroatoms. The van der Waals surface area contributed by atoms with Gasteiger partial charge in [-0.25, -0.2) is 4.79 Å². The van der Waals surface area contributed by atoms with E-state index in [0.717, 1.165) is 16.3 Å². The van der Waals surface area contributed by atoms with Crippen LogP contribution in [0.4, 0.5) is 4.79 Å². The summed E-state index contributed by atoms with van der Waals surface area (Å²) in [4.78, 5) is 27.7. The van der Waals surface area contributed by atoms with E-state index in [4.69, 9.17) is 0 Å². The van der Waals surface area contributed by atoms with E-state index in [-0.39, 0.29) is 24.4 Å². The number of fused-ring (bicyclic) bond motifs is 1. The number of aliphatic hydroxyl groups excluding tert-OH is 1. The number of benzene rings is 2. The molecular weight excluding hydrogens is 342 g/mol. The van der Waals surface area contributed by atoms with Crippen molar-refractivity contribution in [3.05, 3.63) is 48.0 Å². The Balaban J connectivity index is 1.50. The summed E-state index contributed by atoms with van der Waals surface area (Å²) >= 11 is 0. The molecule has 27 heavy (non-hydrogen) atoms. The first-order chi connectivity index (χ1) is 13.0. The second-order valence-electron chi connectivity index (χ2n) is 7.31. The van der Waals surface area contributed by atoms with Gasteiger partial charge in [-0.2, -0.15) is 0 Å². The first-order valence-corrected chi connectivity index (χ1v) is 9.36. The second kappa shape index (κ2) is 8.39. The lowest BCUT2D eigenvalue weighted by Crippen LogP contribution is -2.46. The fraction of sp³-hybridized carbons (Fsp3) is 0.429. The van der Waals surface area contributed by atoms with E-state index in [0.29, 0.717) is 25.9 Å². The van der Waals surface area contributed by atoms with Crippen LogP contribution in [0.5, 0.6) is 0 Å². The predicted octanol–water partition coefficient (Wildman–Crippen LogP) is 2.38. The number of piperidine rings is 1. The summed E-state index contributed by atoms with van der Waals surface area (Å²) in [5.74, 6) is -0.160. The van der Waals surface area contributed by atoms with Crippen molar-refractivity contribution in [1.29, 1.82) is 0 Å². The van der Waals surface area contributed by atoms with Crippen molar-refractivity contribution in [1.82, 2.24) is 15.1 Å². The maximum absolute atomic E-state index is 12.4. The maximum Gasteiger partial charge on any atom is 0.319 e. The van der Waals surface area contributed by atoms with Crippen LogP contribution in [0.3, 0.4) is 0 Å². The Morgan fingerprint density at radius 1 is 1.15 bits per heavy atom. The lowest BCUT2D eigenvalue weighted by atomic mass is 9.96. The molecule has 1 saturated heterocycles. The standard InChI is InChI=1S/C21H27N3O3/c1-23(2)21(27)24-11-9-16(10-12-24)20(26)22-14-19(25)18-8-7-15-5-3-4-6-17(15)13-18/h3-8,13,16,19,25H,9-12,14H2,1-2H3,(H,22,26)/t19-/m0/s1. The predicted molar refractivity (Wildman–Crippen MR) is 105 cm³/mol. The molecule has 2 N–H and O–H groups in total. The van der Waals surface area contributed by atoms with Gasteiger partial charge in [0.1, 0.15) is 0 Å². The Morgan fingerprint density at radius 3 is 2.48 bits per heavy atom. The largest absolute Gasteiger partial charge is 0.387 e. The highest BCUT2D eigenvalue weighted by molar-refractivity contribution is 5.83. The molecule has 0 radical (unpaired) electrons. The van der Waals surface area contributed by atoms with Crippen molar-refractivity contribution in [2.45, 2.75) is 18.9 Å². The minimum atomic E-state index is -0.742. The number of hydrogen-bond donors (Lipinski definition) is 2. The highest BCUT2D eigenvalue weighted by atomic mass is 16.3. The van der Waals surface area contributed by atoms with Crippen LogP contribution in [0.2, 0.25) is 0 Å². The van der Waals surface area contributed by atoms with Crippen molar-refractivity contribution in [3.63, 3.8) is 0 Å². The van der Waals surface area contributed by atoms with Gasteiger partial charge >= 0.3 is 6.03 Å². The molecule has 0 aromatic heterocycles. The number of carbonyl (C=O) groups excluding carboxylic acids is 2. The number of nitrogens with one attached hydrogen (secondary N) is 1. The quantitative estimate of drug-likeness (QED) is 0.869. The number of likely N-dealkylation sites (tertiary alicyclic amines) is 1. The second-order valence-corrected chi connectivity index (χ2v) is 7.31. The monoisotopic (exact) mass is 369 g/mol. The molecule has 3 rings (SSSR count). The molecule has 1 heterocycles. The molecule has 0 saturated carbocycles. The summed E-state index contributed by atoms with van der Waals surface area (Å²) in [6.45, 7) is 1.36. The number of urea groups is 1. The minimum absolute atomic E-state index is 0.0133. The van der Waals surface area contributed by atoms with Gasteiger partial charge in [0.15, 0.2) is 0 Å². The fourth-order valence-electron chi connectivity index (χ4n) is 3.49. The van der Waals surface area contributed by atoms with Crippen molar-refractivity contribution in [3.8, 4) is 0 Å². The molecule has 144 valence electrons. The average molecular weight is 369 g/mol. The average Bonchev–Trinajstić information content (AvgIpc) is 2.70. The Morgan fingerprint density at radius 2 is 1.81 bits per heavy atom. The number of hydrogen-bond acceptors (Lipinski definition) is 3. The van der Waals surface area contributed by atoms with E-state index in [1.807, 2.05) is 42.5 Å². The van der Waals surface area contributed by atoms with Gasteiger partial charge in [-0.3, -0.25) is 4.79 Å². The topological polar surface area (TPSA) is 72.9 Å². The molecule has 0 spiro atoms. The highest BCUT2D eigenvalue weighted by Gasteiger charge is 2.28. The van der Waals surface area contributed by atoms with Gasteiger partial charge in [0, 0.05) is 39.6 Å². The molecule has 3 amide bonds. The Kier molecular flexibility index (Phi) is 5.96. The zero-order valence-corrected chi connectivity index (χ0v) is 15.9. The fourth-order valence-corrected chi connectivity index (χ4v) is 3.49. The normalized spacial score (nSPS) is 16.2. The maximum atomic E-state index is 12.4. The highest BCUT2D eigenvalue weighted by Crippen LogP contribution is 2.21. The molecule has 6 nitrogen and oxygen atoms in total. The molecule has 1 atom stereocenters. The number of carbonyl (C=O) groups is 2. The molecule has 2 aromatic rings. The van der Waals surface area contributed by atoms with Gasteiger partial charge in [-0.15, -0.1) is 0 Å². The van der Waals surface area contributed by atoms with E-state index in [1.165, 1.54) is 0 Å². The lowest BCUT2D eigenvalue weighted by molar-refractivity contribution is -0.126. The minimum Gasteiger partial charge on any atom is -0.387 e. The van der Waals surface area contributed by atoms with E-state index in [2.05, 4.69) is 5.32 Å². The molecule has 1 fully saturated rings. The van der Waals surface area contributed by atoms with E-state index in [9.17, 15) is 14.7 Å². The molecule has 1 aliphatic rings. The van der Waals surface area contributed by atoms with Crippen LogP contribution in [0.15, 0.2) is 42.5 Å². The molecular formula is C21H27N3O3. The van der Waals surface area contributed by atoms with Gasteiger partial charge < -0.3 is 20.2 Å². The summed E-state index contributed by atoms with van der Waals surface area (Å²) in [6, 6.07) is 13.8. The number of aliphatic hydroxyl groups is 1. The van der Waals surface area contributed by atoms with Crippen molar-refractivity contribution >= 4 is 22.7 Å². The molecule has 0 aliphatic carbocycles. The zero-order chi connectivity index (χ0) is 19.4. The van der Waals surface area contributed by atoms with Crippen LogP contribution >= 0.6 is 0 Å². The summed E-state index contributed by atoms with van der Waals surface area (Å²) in [5.41, 5.74) is 0.792. The van der Waals surface area contributed by atoms with E-state index < -0.39 is 6.10 Å². The molecule has 0 unspecified atom stereocenters. The van der Waals surface area contributed by atoms with Gasteiger partial charge in [0.2, 0.25) is 5.91 Å². The SMILES string of the molecule is CN(C)C(=O)N1CCC(C(=O)NC[C@H](O)c2ccc3ccccc3c2)CC1. The van der Waals surface area contributed by atoms with Crippen LogP contribution in [0.25, 0.3) is 10.8 Å². The van der Waals surface area contributed by atoms with Crippen LogP contribution in [-0.2, 0) is 4.79 Å². The third kappa shape index (κ3) is 4.57. The number of rotatable bonds is 4. The Hall–Kier alpha value is -2.60. The van der Waals surface area contributed by atoms with Crippen molar-refractivity contribution in [2.24, 2.45) is 5.92 Å². The van der Waals surface area contributed by atoms with Crippen LogP contribution in [0.1, 0.15) is 24.5 Å². The number of nitrogens with zero attached hydrogens (tertiary/aromatic N) is 2. The van der Waals surface area contributed by atoms with Crippen LogP contribution < -0.4 is 5.32 Å². The third-order valence-corrected chi connectivity index (χ3v) is 5.15. The molecule has 2 aromatic carbocycles. The zero-order valence-electron chi connectivity index (χ0n) is 15.9.